The molecule has 0 N–H and O–H groups in total. The van der Waals surface area contributed by atoms with Crippen LogP contribution in [0.4, 0.5) is 0 Å². The Hall–Kier alpha value is -1.37. The number of hydrogen-bond donors (Lipinski definition) is 0. The molecule has 0 radical (unpaired) electrons. The van der Waals surface area contributed by atoms with Gasteiger partial charge in [-0.25, -0.2) is 0 Å². The highest BCUT2D eigenvalue weighted by molar-refractivity contribution is 5.37. The monoisotopic (exact) mass is 285 g/mol. The number of nitrogens with zero attached hydrogens (tertiary/aromatic N) is 3. The Morgan fingerprint density at radius 2 is 1.67 bits per heavy atom. The maximum Gasteiger partial charge on any atom is 0.0976 e. The lowest BCUT2D eigenvalue weighted by molar-refractivity contribution is 0.108. The van der Waals surface area contributed by atoms with Crippen molar-refractivity contribution in [1.82, 2.24) is 9.80 Å². The van der Waals surface area contributed by atoms with E-state index in [1.807, 2.05) is 0 Å². The summed E-state index contributed by atoms with van der Waals surface area (Å²) in [4.78, 5) is 4.84. The molecule has 3 nitrogen and oxygen atoms in total. The molecule has 0 bridgehead atoms. The first-order valence-corrected chi connectivity index (χ1v) is 7.98. The maximum atomic E-state index is 9.17. The highest BCUT2D eigenvalue weighted by Crippen LogP contribution is 2.19. The van der Waals surface area contributed by atoms with Gasteiger partial charge in [-0.05, 0) is 43.9 Å². The van der Waals surface area contributed by atoms with Crippen LogP contribution in [-0.2, 0) is 6.54 Å². The molecule has 1 atom stereocenters. The first kappa shape index (κ1) is 16.0. The fourth-order valence-electron chi connectivity index (χ4n) is 3.35. The van der Waals surface area contributed by atoms with E-state index in [-0.39, 0.29) is 6.04 Å². The van der Waals surface area contributed by atoms with Crippen molar-refractivity contribution in [2.45, 2.75) is 46.7 Å². The summed E-state index contributed by atoms with van der Waals surface area (Å²) in [5.74, 6) is 0. The minimum atomic E-state index is 0.0926. The van der Waals surface area contributed by atoms with Gasteiger partial charge in [0.15, 0.2) is 0 Å². The zero-order valence-electron chi connectivity index (χ0n) is 13.8. The zero-order chi connectivity index (χ0) is 15.4. The number of benzene rings is 1. The minimum Gasteiger partial charge on any atom is -0.297 e. The lowest BCUT2D eigenvalue weighted by atomic mass is 9.99. The van der Waals surface area contributed by atoms with Crippen molar-refractivity contribution in [3.05, 3.63) is 34.4 Å². The summed E-state index contributed by atoms with van der Waals surface area (Å²) >= 11 is 0. The molecule has 2 rings (SSSR count). The zero-order valence-corrected chi connectivity index (χ0v) is 13.8. The van der Waals surface area contributed by atoms with Crippen molar-refractivity contribution in [2.75, 3.05) is 26.2 Å². The van der Waals surface area contributed by atoms with Crippen LogP contribution in [-0.4, -0.2) is 42.0 Å². The van der Waals surface area contributed by atoms with E-state index in [1.165, 1.54) is 22.3 Å². The van der Waals surface area contributed by atoms with Crippen LogP contribution in [0, 0.1) is 32.1 Å². The fourth-order valence-corrected chi connectivity index (χ4v) is 3.35. The van der Waals surface area contributed by atoms with Crippen molar-refractivity contribution < 1.29 is 0 Å². The van der Waals surface area contributed by atoms with E-state index in [0.29, 0.717) is 0 Å². The van der Waals surface area contributed by atoms with Crippen LogP contribution < -0.4 is 0 Å². The number of piperazine rings is 1. The van der Waals surface area contributed by atoms with Gasteiger partial charge < -0.3 is 0 Å². The van der Waals surface area contributed by atoms with Crippen molar-refractivity contribution in [3.63, 3.8) is 0 Å². The van der Waals surface area contributed by atoms with E-state index in [9.17, 15) is 5.26 Å². The van der Waals surface area contributed by atoms with Gasteiger partial charge in [0.1, 0.15) is 0 Å². The van der Waals surface area contributed by atoms with Crippen LogP contribution in [0.15, 0.2) is 12.1 Å². The van der Waals surface area contributed by atoms with E-state index in [0.717, 1.165) is 39.1 Å². The summed E-state index contributed by atoms with van der Waals surface area (Å²) < 4.78 is 0. The second kappa shape index (κ2) is 7.06. The largest absolute Gasteiger partial charge is 0.297 e. The van der Waals surface area contributed by atoms with Crippen molar-refractivity contribution in [2.24, 2.45) is 0 Å². The summed E-state index contributed by atoms with van der Waals surface area (Å²) in [5, 5.41) is 9.17. The SMILES string of the molecule is CCC(C#N)N1CCN(Cc2c(C)cc(C)cc2C)CC1. The van der Waals surface area contributed by atoms with Crippen molar-refractivity contribution in [3.8, 4) is 6.07 Å². The molecule has 1 aromatic carbocycles. The fraction of sp³-hybridized carbons (Fsp3) is 0.611. The third kappa shape index (κ3) is 3.84. The molecule has 0 saturated carbocycles. The average Bonchev–Trinajstić information content (AvgIpc) is 2.45. The minimum absolute atomic E-state index is 0.0926. The third-order valence-corrected chi connectivity index (χ3v) is 4.61. The molecule has 1 heterocycles. The number of nitriles is 1. The van der Waals surface area contributed by atoms with E-state index in [4.69, 9.17) is 0 Å². The topological polar surface area (TPSA) is 30.3 Å². The first-order valence-electron chi connectivity index (χ1n) is 7.98. The van der Waals surface area contributed by atoms with E-state index >= 15 is 0 Å². The predicted octanol–water partition coefficient (Wildman–Crippen LogP) is 3.03. The smallest absolute Gasteiger partial charge is 0.0976 e. The molecule has 0 amide bonds. The highest BCUT2D eigenvalue weighted by Gasteiger charge is 2.23. The molecule has 0 aliphatic carbocycles. The quantitative estimate of drug-likeness (QED) is 0.852. The Labute approximate surface area is 129 Å². The number of rotatable bonds is 4. The summed E-state index contributed by atoms with van der Waals surface area (Å²) in [6, 6.07) is 7.07. The molecule has 1 aromatic rings. The second-order valence-electron chi connectivity index (χ2n) is 6.24. The van der Waals surface area contributed by atoms with Crippen LogP contribution >= 0.6 is 0 Å². The summed E-state index contributed by atoms with van der Waals surface area (Å²) in [6.45, 7) is 13.9. The van der Waals surface area contributed by atoms with Gasteiger partial charge in [-0.15, -0.1) is 0 Å². The van der Waals surface area contributed by atoms with Crippen LogP contribution in [0.25, 0.3) is 0 Å². The predicted molar refractivity (Wildman–Crippen MR) is 87.2 cm³/mol. The van der Waals surface area contributed by atoms with Gasteiger partial charge >= 0.3 is 0 Å². The summed E-state index contributed by atoms with van der Waals surface area (Å²) in [7, 11) is 0. The Morgan fingerprint density at radius 3 is 2.14 bits per heavy atom. The standard InChI is InChI=1S/C18H27N3/c1-5-17(12-19)21-8-6-20(7-9-21)13-18-15(3)10-14(2)11-16(18)4/h10-11,17H,5-9,13H2,1-4H3. The normalized spacial score (nSPS) is 18.4. The third-order valence-electron chi connectivity index (χ3n) is 4.61. The van der Waals surface area contributed by atoms with E-state index < -0.39 is 0 Å². The van der Waals surface area contributed by atoms with Gasteiger partial charge in [0.05, 0.1) is 12.1 Å². The molecule has 1 unspecified atom stereocenters. The maximum absolute atomic E-state index is 9.17. The summed E-state index contributed by atoms with van der Waals surface area (Å²) in [6.07, 6.45) is 0.923. The van der Waals surface area contributed by atoms with Crippen LogP contribution in [0.1, 0.15) is 35.6 Å². The number of hydrogen-bond acceptors (Lipinski definition) is 3. The molecule has 3 heteroatoms. The van der Waals surface area contributed by atoms with E-state index in [2.05, 4.69) is 55.7 Å². The summed E-state index contributed by atoms with van der Waals surface area (Å²) in [5.41, 5.74) is 5.62. The lowest BCUT2D eigenvalue weighted by Crippen LogP contribution is -2.49. The molecule has 1 aliphatic heterocycles. The second-order valence-corrected chi connectivity index (χ2v) is 6.24. The molecular formula is C18H27N3. The van der Waals surface area contributed by atoms with Crippen LogP contribution in [0.5, 0.6) is 0 Å². The molecule has 114 valence electrons. The van der Waals surface area contributed by atoms with Crippen LogP contribution in [0.3, 0.4) is 0 Å². The van der Waals surface area contributed by atoms with Gasteiger partial charge in [-0.2, -0.15) is 5.26 Å². The van der Waals surface area contributed by atoms with Gasteiger partial charge in [0.2, 0.25) is 0 Å². The Morgan fingerprint density at radius 1 is 1.10 bits per heavy atom. The van der Waals surface area contributed by atoms with Gasteiger partial charge in [-0.3, -0.25) is 9.80 Å². The Kier molecular flexibility index (Phi) is 5.39. The highest BCUT2D eigenvalue weighted by atomic mass is 15.3. The average molecular weight is 285 g/mol. The molecule has 0 aromatic heterocycles. The Balaban J connectivity index is 1.97. The Bertz CT molecular complexity index is 499. The molecule has 1 fully saturated rings. The first-order chi connectivity index (χ1) is 10.0. The van der Waals surface area contributed by atoms with Gasteiger partial charge in [0.25, 0.3) is 0 Å². The number of aryl methyl sites for hydroxylation is 3. The molecule has 0 spiro atoms. The lowest BCUT2D eigenvalue weighted by Gasteiger charge is -2.37. The molecule has 1 aliphatic rings. The van der Waals surface area contributed by atoms with Crippen molar-refractivity contribution >= 4 is 0 Å². The van der Waals surface area contributed by atoms with Crippen molar-refractivity contribution in [1.29, 1.82) is 5.26 Å². The van der Waals surface area contributed by atoms with Gasteiger partial charge in [0, 0.05) is 32.7 Å². The molecular weight excluding hydrogens is 258 g/mol. The van der Waals surface area contributed by atoms with E-state index in [1.54, 1.807) is 0 Å². The molecule has 1 saturated heterocycles. The molecule has 21 heavy (non-hydrogen) atoms. The van der Waals surface area contributed by atoms with Gasteiger partial charge in [-0.1, -0.05) is 24.6 Å². The van der Waals surface area contributed by atoms with Crippen LogP contribution in [0.2, 0.25) is 0 Å².